The fourth-order valence-corrected chi connectivity index (χ4v) is 3.25. The van der Waals surface area contributed by atoms with Crippen molar-refractivity contribution in [2.45, 2.75) is 12.7 Å². The number of benzene rings is 2. The molecule has 0 saturated heterocycles. The van der Waals surface area contributed by atoms with Gasteiger partial charge >= 0.3 is 0 Å². The quantitative estimate of drug-likeness (QED) is 0.833. The van der Waals surface area contributed by atoms with E-state index in [0.717, 1.165) is 11.1 Å². The molecule has 0 aliphatic rings. The monoisotopic (exact) mass is 305 g/mol. The zero-order chi connectivity index (χ0) is 15.3. The van der Waals surface area contributed by atoms with Crippen molar-refractivity contribution in [2.75, 3.05) is 18.1 Å². The molecule has 2 N–H and O–H groups in total. The highest BCUT2D eigenvalue weighted by molar-refractivity contribution is 7.90. The summed E-state index contributed by atoms with van der Waals surface area (Å²) in [6.07, 6.45) is 0. The first-order chi connectivity index (χ1) is 9.98. The molecule has 2 aromatic rings. The Labute approximate surface area is 125 Å². The van der Waals surface area contributed by atoms with Crippen LogP contribution in [-0.2, 0) is 15.6 Å². The summed E-state index contributed by atoms with van der Waals surface area (Å²) in [5.41, 5.74) is 8.06. The van der Waals surface area contributed by atoms with Crippen LogP contribution in [0.3, 0.4) is 0 Å². The fraction of sp³-hybridized carbons (Fsp3) is 0.250. The Morgan fingerprint density at radius 2 is 1.71 bits per heavy atom. The molecule has 0 spiro atoms. The van der Waals surface area contributed by atoms with Crippen molar-refractivity contribution >= 4 is 15.5 Å². The molecule has 0 aliphatic heterocycles. The van der Waals surface area contributed by atoms with Gasteiger partial charge in [-0.2, -0.15) is 0 Å². The van der Waals surface area contributed by atoms with Crippen molar-refractivity contribution in [3.05, 3.63) is 59.7 Å². The van der Waals surface area contributed by atoms with E-state index in [4.69, 9.17) is 10.5 Å². The number of para-hydroxylation sites is 2. The summed E-state index contributed by atoms with van der Waals surface area (Å²) in [4.78, 5) is 0. The number of ether oxygens (including phenoxy) is 1. The van der Waals surface area contributed by atoms with Crippen molar-refractivity contribution in [1.29, 1.82) is 0 Å². The van der Waals surface area contributed by atoms with E-state index in [-0.39, 0.29) is 18.1 Å². The molecule has 112 valence electrons. The van der Waals surface area contributed by atoms with Gasteiger partial charge in [0.25, 0.3) is 0 Å². The van der Waals surface area contributed by atoms with E-state index in [9.17, 15) is 8.42 Å². The predicted octanol–water partition coefficient (Wildman–Crippen LogP) is 2.57. The van der Waals surface area contributed by atoms with Crippen LogP contribution in [0.4, 0.5) is 5.69 Å². The summed E-state index contributed by atoms with van der Waals surface area (Å²) in [7, 11) is -3.21. The molecule has 2 aromatic carbocycles. The first kappa shape index (κ1) is 15.4. The minimum Gasteiger partial charge on any atom is -0.490 e. The normalized spacial score (nSPS) is 11.3. The maximum atomic E-state index is 12.1. The van der Waals surface area contributed by atoms with E-state index < -0.39 is 9.84 Å². The molecule has 0 saturated carbocycles. The van der Waals surface area contributed by atoms with Crippen molar-refractivity contribution < 1.29 is 13.2 Å². The van der Waals surface area contributed by atoms with Crippen LogP contribution in [0.5, 0.6) is 5.75 Å². The molecule has 0 aliphatic carbocycles. The Balaban J connectivity index is 1.93. The van der Waals surface area contributed by atoms with Gasteiger partial charge in [-0.1, -0.05) is 36.4 Å². The summed E-state index contributed by atoms with van der Waals surface area (Å²) in [6, 6.07) is 14.5. The highest BCUT2D eigenvalue weighted by Gasteiger charge is 2.14. The summed E-state index contributed by atoms with van der Waals surface area (Å²) in [5, 5.41) is 0. The van der Waals surface area contributed by atoms with E-state index in [0.29, 0.717) is 11.4 Å². The second-order valence-electron chi connectivity index (χ2n) is 4.90. The third-order valence-corrected chi connectivity index (χ3v) is 4.75. The lowest BCUT2D eigenvalue weighted by Gasteiger charge is -2.10. The van der Waals surface area contributed by atoms with Crippen molar-refractivity contribution in [3.63, 3.8) is 0 Å². The molecule has 21 heavy (non-hydrogen) atoms. The fourth-order valence-electron chi connectivity index (χ4n) is 1.97. The highest BCUT2D eigenvalue weighted by atomic mass is 32.2. The van der Waals surface area contributed by atoms with Crippen molar-refractivity contribution in [1.82, 2.24) is 0 Å². The van der Waals surface area contributed by atoms with Gasteiger partial charge in [0.15, 0.2) is 9.84 Å². The smallest absolute Gasteiger partial charge is 0.157 e. The largest absolute Gasteiger partial charge is 0.490 e. The van der Waals surface area contributed by atoms with Gasteiger partial charge < -0.3 is 10.5 Å². The Kier molecular flexibility index (Phi) is 4.85. The molecule has 0 amide bonds. The zero-order valence-electron chi connectivity index (χ0n) is 12.0. The third kappa shape index (κ3) is 4.49. The van der Waals surface area contributed by atoms with E-state index in [2.05, 4.69) is 0 Å². The number of hydrogen-bond donors (Lipinski definition) is 1. The molecule has 5 heteroatoms. The lowest BCUT2D eigenvalue weighted by molar-refractivity contribution is 0.342. The molecule has 0 aromatic heterocycles. The van der Waals surface area contributed by atoms with Crippen molar-refractivity contribution in [2.24, 2.45) is 0 Å². The summed E-state index contributed by atoms with van der Waals surface area (Å²) in [6.45, 7) is 2.01. The van der Waals surface area contributed by atoms with E-state index >= 15 is 0 Å². The van der Waals surface area contributed by atoms with Crippen LogP contribution in [0.2, 0.25) is 0 Å². The minimum absolute atomic E-state index is 0.0321. The van der Waals surface area contributed by atoms with Crippen LogP contribution in [0.1, 0.15) is 11.1 Å². The minimum atomic E-state index is -3.21. The Morgan fingerprint density at radius 3 is 2.43 bits per heavy atom. The number of aryl methyl sites for hydroxylation is 1. The second-order valence-corrected chi connectivity index (χ2v) is 7.09. The predicted molar refractivity (Wildman–Crippen MR) is 85.0 cm³/mol. The molecule has 0 unspecified atom stereocenters. The number of sulfone groups is 1. The zero-order valence-corrected chi connectivity index (χ0v) is 12.8. The van der Waals surface area contributed by atoms with Crippen LogP contribution in [0.25, 0.3) is 0 Å². The van der Waals surface area contributed by atoms with Crippen LogP contribution in [-0.4, -0.2) is 20.8 Å². The average Bonchev–Trinajstić information content (AvgIpc) is 2.43. The maximum Gasteiger partial charge on any atom is 0.157 e. The van der Waals surface area contributed by atoms with Crippen LogP contribution in [0, 0.1) is 6.92 Å². The molecule has 4 nitrogen and oxygen atoms in total. The van der Waals surface area contributed by atoms with Gasteiger partial charge in [-0.15, -0.1) is 0 Å². The summed E-state index contributed by atoms with van der Waals surface area (Å²) in [5.74, 6) is 0.520. The summed E-state index contributed by atoms with van der Waals surface area (Å²) >= 11 is 0. The van der Waals surface area contributed by atoms with Crippen LogP contribution in [0.15, 0.2) is 48.5 Å². The first-order valence-corrected chi connectivity index (χ1v) is 8.52. The SMILES string of the molecule is Cc1ccccc1CS(=O)(=O)CCOc1ccccc1N. The molecule has 0 bridgehead atoms. The maximum absolute atomic E-state index is 12.1. The Hall–Kier alpha value is -2.01. The lowest BCUT2D eigenvalue weighted by atomic mass is 10.1. The first-order valence-electron chi connectivity index (χ1n) is 6.70. The van der Waals surface area contributed by atoms with Gasteiger partial charge in [0.2, 0.25) is 0 Å². The van der Waals surface area contributed by atoms with E-state index in [1.807, 2.05) is 31.2 Å². The van der Waals surface area contributed by atoms with Gasteiger partial charge in [0.05, 0.1) is 17.2 Å². The van der Waals surface area contributed by atoms with E-state index in [1.165, 1.54) is 0 Å². The molecule has 0 atom stereocenters. The second kappa shape index (κ2) is 6.63. The number of hydrogen-bond acceptors (Lipinski definition) is 4. The van der Waals surface area contributed by atoms with E-state index in [1.54, 1.807) is 24.3 Å². The van der Waals surface area contributed by atoms with Gasteiger partial charge in [-0.3, -0.25) is 0 Å². The third-order valence-electron chi connectivity index (χ3n) is 3.21. The number of anilines is 1. The molecular weight excluding hydrogens is 286 g/mol. The molecule has 0 fully saturated rings. The van der Waals surface area contributed by atoms with Gasteiger partial charge in [-0.25, -0.2) is 8.42 Å². The van der Waals surface area contributed by atoms with Gasteiger partial charge in [-0.05, 0) is 30.2 Å². The molecule has 0 heterocycles. The average molecular weight is 305 g/mol. The van der Waals surface area contributed by atoms with Gasteiger partial charge in [0.1, 0.15) is 12.4 Å². The Bertz CT molecular complexity index is 711. The summed E-state index contributed by atoms with van der Waals surface area (Å²) < 4.78 is 29.7. The van der Waals surface area contributed by atoms with Crippen LogP contribution >= 0.6 is 0 Å². The Morgan fingerprint density at radius 1 is 1.05 bits per heavy atom. The topological polar surface area (TPSA) is 69.4 Å². The van der Waals surface area contributed by atoms with Gasteiger partial charge in [0, 0.05) is 0 Å². The number of nitrogen functional groups attached to an aromatic ring is 1. The van der Waals surface area contributed by atoms with Crippen LogP contribution < -0.4 is 10.5 Å². The van der Waals surface area contributed by atoms with Crippen molar-refractivity contribution in [3.8, 4) is 5.75 Å². The number of nitrogens with two attached hydrogens (primary N) is 1. The number of rotatable bonds is 6. The molecular formula is C16H19NO3S. The molecule has 0 radical (unpaired) electrons. The lowest BCUT2D eigenvalue weighted by Crippen LogP contribution is -2.16. The highest BCUT2D eigenvalue weighted by Crippen LogP contribution is 2.20. The standard InChI is InChI=1S/C16H19NO3S/c1-13-6-2-3-7-14(13)12-21(18,19)11-10-20-16-9-5-4-8-15(16)17/h2-9H,10-12,17H2,1H3. The molecule has 2 rings (SSSR count).